The van der Waals surface area contributed by atoms with Gasteiger partial charge in [0.1, 0.15) is 18.5 Å². The molecule has 5 heteroatoms. The molecule has 0 aliphatic rings. The van der Waals surface area contributed by atoms with Crippen molar-refractivity contribution >= 4 is 5.91 Å². The van der Waals surface area contributed by atoms with Crippen LogP contribution in [0.3, 0.4) is 0 Å². The van der Waals surface area contributed by atoms with Crippen LogP contribution in [-0.4, -0.2) is 35.4 Å². The van der Waals surface area contributed by atoms with E-state index in [0.717, 1.165) is 5.56 Å². The summed E-state index contributed by atoms with van der Waals surface area (Å²) in [5.74, 6) is -0.0589. The van der Waals surface area contributed by atoms with E-state index in [9.17, 15) is 4.79 Å². The van der Waals surface area contributed by atoms with Crippen LogP contribution in [0.25, 0.3) is 0 Å². The molecule has 0 saturated carbocycles. The zero-order valence-corrected chi connectivity index (χ0v) is 9.01. The Morgan fingerprint density at radius 3 is 2.81 bits per heavy atom. The number of aliphatic hydroxyl groups is 2. The number of aliphatic hydroxyl groups excluding tert-OH is 2. The van der Waals surface area contributed by atoms with Crippen LogP contribution >= 0.6 is 0 Å². The van der Waals surface area contributed by atoms with Crippen molar-refractivity contribution < 1.29 is 19.7 Å². The highest BCUT2D eigenvalue weighted by molar-refractivity contribution is 5.93. The third kappa shape index (κ3) is 3.22. The molecule has 0 fully saturated rings. The molecular weight excluding hydrogens is 210 g/mol. The van der Waals surface area contributed by atoms with Crippen LogP contribution in [0.5, 0.6) is 5.75 Å². The fourth-order valence-corrected chi connectivity index (χ4v) is 1.15. The Kier molecular flexibility index (Phi) is 4.28. The summed E-state index contributed by atoms with van der Waals surface area (Å²) >= 11 is 0. The van der Waals surface area contributed by atoms with Gasteiger partial charge < -0.3 is 20.7 Å². The molecule has 1 amide bonds. The van der Waals surface area contributed by atoms with Crippen molar-refractivity contribution in [3.8, 4) is 5.75 Å². The van der Waals surface area contributed by atoms with Gasteiger partial charge in [-0.15, -0.1) is 0 Å². The van der Waals surface area contributed by atoms with Crippen molar-refractivity contribution in [3.05, 3.63) is 29.3 Å². The highest BCUT2D eigenvalue weighted by Crippen LogP contribution is 2.19. The topological polar surface area (TPSA) is 92.8 Å². The molecular formula is C11H15NO4. The van der Waals surface area contributed by atoms with Crippen molar-refractivity contribution in [1.82, 2.24) is 0 Å². The summed E-state index contributed by atoms with van der Waals surface area (Å²) in [5.41, 5.74) is 6.31. The Labute approximate surface area is 93.5 Å². The molecule has 0 aliphatic carbocycles. The fourth-order valence-electron chi connectivity index (χ4n) is 1.15. The summed E-state index contributed by atoms with van der Waals surface area (Å²) in [6.07, 6.45) is -0.934. The first-order valence-corrected chi connectivity index (χ1v) is 4.86. The minimum atomic E-state index is -0.934. The third-order valence-electron chi connectivity index (χ3n) is 2.11. The molecule has 0 saturated heterocycles. The first-order chi connectivity index (χ1) is 7.54. The van der Waals surface area contributed by atoms with E-state index in [0.29, 0.717) is 11.3 Å². The lowest BCUT2D eigenvalue weighted by atomic mass is 10.1. The molecule has 88 valence electrons. The molecule has 0 aliphatic heterocycles. The normalized spacial score (nSPS) is 12.2. The Bertz CT molecular complexity index is 378. The van der Waals surface area contributed by atoms with Crippen molar-refractivity contribution in [1.29, 1.82) is 0 Å². The molecule has 16 heavy (non-hydrogen) atoms. The second kappa shape index (κ2) is 5.48. The molecule has 4 N–H and O–H groups in total. The molecule has 0 spiro atoms. The van der Waals surface area contributed by atoms with Gasteiger partial charge in [0, 0.05) is 5.56 Å². The Balaban J connectivity index is 2.78. The SMILES string of the molecule is Cc1ccc(C(N)=O)cc1OCC(O)CO. The number of primary amides is 1. The van der Waals surface area contributed by atoms with Gasteiger partial charge in [0.2, 0.25) is 5.91 Å². The maximum atomic E-state index is 10.9. The number of nitrogens with two attached hydrogens (primary N) is 1. The number of aryl methyl sites for hydroxylation is 1. The minimum absolute atomic E-state index is 0.0282. The lowest BCUT2D eigenvalue weighted by Gasteiger charge is -2.12. The Hall–Kier alpha value is -1.59. The van der Waals surface area contributed by atoms with Crippen LogP contribution < -0.4 is 10.5 Å². The van der Waals surface area contributed by atoms with Crippen LogP contribution in [-0.2, 0) is 0 Å². The van der Waals surface area contributed by atoms with Gasteiger partial charge in [0.05, 0.1) is 6.61 Å². The van der Waals surface area contributed by atoms with E-state index in [1.54, 1.807) is 12.1 Å². The van der Waals surface area contributed by atoms with E-state index in [-0.39, 0.29) is 13.2 Å². The molecule has 1 aromatic rings. The number of rotatable bonds is 5. The highest BCUT2D eigenvalue weighted by atomic mass is 16.5. The zero-order chi connectivity index (χ0) is 12.1. The van der Waals surface area contributed by atoms with Crippen LogP contribution in [0, 0.1) is 6.92 Å². The molecule has 1 aromatic carbocycles. The monoisotopic (exact) mass is 225 g/mol. The van der Waals surface area contributed by atoms with Gasteiger partial charge >= 0.3 is 0 Å². The summed E-state index contributed by atoms with van der Waals surface area (Å²) in [5, 5.41) is 17.7. The van der Waals surface area contributed by atoms with Gasteiger partial charge in [-0.3, -0.25) is 4.79 Å². The largest absolute Gasteiger partial charge is 0.491 e. The predicted octanol–water partition coefficient (Wildman–Crippen LogP) is -0.174. The van der Waals surface area contributed by atoms with Crippen LogP contribution in [0.4, 0.5) is 0 Å². The average molecular weight is 225 g/mol. The zero-order valence-electron chi connectivity index (χ0n) is 9.01. The first-order valence-electron chi connectivity index (χ1n) is 4.86. The Morgan fingerprint density at radius 1 is 1.56 bits per heavy atom. The van der Waals surface area contributed by atoms with Gasteiger partial charge in [-0.2, -0.15) is 0 Å². The smallest absolute Gasteiger partial charge is 0.248 e. The molecule has 5 nitrogen and oxygen atoms in total. The summed E-state index contributed by atoms with van der Waals surface area (Å²) in [6.45, 7) is 1.42. The van der Waals surface area contributed by atoms with Gasteiger partial charge in [-0.05, 0) is 24.6 Å². The first kappa shape index (κ1) is 12.5. The second-order valence-electron chi connectivity index (χ2n) is 3.49. The molecule has 1 unspecified atom stereocenters. The number of amides is 1. The van der Waals surface area contributed by atoms with Crippen molar-refractivity contribution in [2.45, 2.75) is 13.0 Å². The van der Waals surface area contributed by atoms with Gasteiger partial charge in [-0.25, -0.2) is 0 Å². The lowest BCUT2D eigenvalue weighted by Crippen LogP contribution is -2.21. The van der Waals surface area contributed by atoms with Gasteiger partial charge in [0.25, 0.3) is 0 Å². The number of ether oxygens (including phenoxy) is 1. The molecule has 0 radical (unpaired) electrons. The number of hydrogen-bond acceptors (Lipinski definition) is 4. The van der Waals surface area contributed by atoms with E-state index in [4.69, 9.17) is 20.7 Å². The van der Waals surface area contributed by atoms with Crippen molar-refractivity contribution in [2.75, 3.05) is 13.2 Å². The maximum absolute atomic E-state index is 10.9. The average Bonchev–Trinajstić information content (AvgIpc) is 2.27. The number of benzene rings is 1. The van der Waals surface area contributed by atoms with Crippen LogP contribution in [0.2, 0.25) is 0 Å². The van der Waals surface area contributed by atoms with Crippen LogP contribution in [0.15, 0.2) is 18.2 Å². The number of hydrogen-bond donors (Lipinski definition) is 3. The standard InChI is InChI=1S/C11H15NO4/c1-7-2-3-8(11(12)15)4-10(7)16-6-9(14)5-13/h2-4,9,13-14H,5-6H2,1H3,(H2,12,15). The van der Waals surface area contributed by atoms with E-state index >= 15 is 0 Å². The van der Waals surface area contributed by atoms with Gasteiger partial charge in [0.15, 0.2) is 0 Å². The maximum Gasteiger partial charge on any atom is 0.248 e. The molecule has 0 heterocycles. The lowest BCUT2D eigenvalue weighted by molar-refractivity contribution is 0.0533. The van der Waals surface area contributed by atoms with E-state index in [1.807, 2.05) is 6.92 Å². The molecule has 1 atom stereocenters. The molecule has 0 aromatic heterocycles. The minimum Gasteiger partial charge on any atom is -0.491 e. The summed E-state index contributed by atoms with van der Waals surface area (Å²) in [6, 6.07) is 4.83. The molecule has 1 rings (SSSR count). The van der Waals surface area contributed by atoms with E-state index in [2.05, 4.69) is 0 Å². The van der Waals surface area contributed by atoms with Crippen molar-refractivity contribution in [2.24, 2.45) is 5.73 Å². The third-order valence-corrected chi connectivity index (χ3v) is 2.11. The van der Waals surface area contributed by atoms with E-state index in [1.165, 1.54) is 6.07 Å². The highest BCUT2D eigenvalue weighted by Gasteiger charge is 2.08. The number of carbonyl (C=O) groups excluding carboxylic acids is 1. The van der Waals surface area contributed by atoms with Crippen molar-refractivity contribution in [3.63, 3.8) is 0 Å². The summed E-state index contributed by atoms with van der Waals surface area (Å²) in [4.78, 5) is 10.9. The van der Waals surface area contributed by atoms with Gasteiger partial charge in [-0.1, -0.05) is 6.07 Å². The summed E-state index contributed by atoms with van der Waals surface area (Å²) < 4.78 is 5.26. The van der Waals surface area contributed by atoms with E-state index < -0.39 is 12.0 Å². The van der Waals surface area contributed by atoms with Crippen LogP contribution in [0.1, 0.15) is 15.9 Å². The fraction of sp³-hybridized carbons (Fsp3) is 0.364. The molecule has 0 bridgehead atoms. The second-order valence-corrected chi connectivity index (χ2v) is 3.49. The Morgan fingerprint density at radius 2 is 2.25 bits per heavy atom. The quantitative estimate of drug-likeness (QED) is 0.648. The number of carbonyl (C=O) groups is 1. The predicted molar refractivity (Wildman–Crippen MR) is 58.3 cm³/mol. The summed E-state index contributed by atoms with van der Waals surface area (Å²) in [7, 11) is 0.